The molecule has 1 saturated heterocycles. The van der Waals surface area contributed by atoms with E-state index in [1.807, 2.05) is 13.8 Å². The Balaban J connectivity index is 2.04. The number of nitro groups is 1. The van der Waals surface area contributed by atoms with Crippen LogP contribution in [0.25, 0.3) is 0 Å². The Morgan fingerprint density at radius 1 is 1.43 bits per heavy atom. The molecular weight excluding hydrogens is 298 g/mol. The molecule has 2 N–H and O–H groups in total. The quantitative estimate of drug-likeness (QED) is 0.614. The summed E-state index contributed by atoms with van der Waals surface area (Å²) >= 11 is 0. The van der Waals surface area contributed by atoms with Gasteiger partial charge in [0, 0.05) is 30.7 Å². The van der Waals surface area contributed by atoms with E-state index in [0.717, 1.165) is 31.6 Å². The average Bonchev–Trinajstić information content (AvgIpc) is 2.54. The lowest BCUT2D eigenvalue weighted by Gasteiger charge is -2.38. The van der Waals surface area contributed by atoms with E-state index in [2.05, 4.69) is 10.2 Å². The van der Waals surface area contributed by atoms with Gasteiger partial charge >= 0.3 is 0 Å². The highest BCUT2D eigenvalue weighted by atomic mass is 16.6. The molecule has 0 bridgehead atoms. The molecule has 1 aliphatic heterocycles. The molecule has 23 heavy (non-hydrogen) atoms. The number of anilines is 1. The summed E-state index contributed by atoms with van der Waals surface area (Å²) in [5.74, 6) is 0.529. The third-order valence-corrected chi connectivity index (χ3v) is 4.20. The van der Waals surface area contributed by atoms with Crippen molar-refractivity contribution in [3.8, 4) is 5.75 Å². The fraction of sp³-hybridized carbons (Fsp3) is 0.625. The van der Waals surface area contributed by atoms with Gasteiger partial charge < -0.3 is 20.1 Å². The highest BCUT2D eigenvalue weighted by molar-refractivity contribution is 5.62. The number of benzene rings is 1. The maximum atomic E-state index is 10.9. The largest absolute Gasteiger partial charge is 0.494 e. The number of non-ortho nitro benzene ring substituents is 1. The molecule has 0 aromatic heterocycles. The SMILES string of the molecule is COc1cc([N+](=O)[O-])ccc1N1CCC(NC(C)(C)CO)CC1. The lowest BCUT2D eigenvalue weighted by molar-refractivity contribution is -0.384. The summed E-state index contributed by atoms with van der Waals surface area (Å²) in [5, 5.41) is 23.7. The van der Waals surface area contributed by atoms with E-state index in [0.29, 0.717) is 11.8 Å². The smallest absolute Gasteiger partial charge is 0.273 e. The first-order valence-corrected chi connectivity index (χ1v) is 7.82. The van der Waals surface area contributed by atoms with Crippen LogP contribution in [-0.4, -0.2) is 48.4 Å². The van der Waals surface area contributed by atoms with Crippen LogP contribution in [0.2, 0.25) is 0 Å². The van der Waals surface area contributed by atoms with Gasteiger partial charge in [0.25, 0.3) is 5.69 Å². The first kappa shape index (κ1) is 17.5. The molecule has 1 heterocycles. The zero-order valence-corrected chi connectivity index (χ0v) is 13.9. The summed E-state index contributed by atoms with van der Waals surface area (Å²) in [6, 6.07) is 5.09. The van der Waals surface area contributed by atoms with Gasteiger partial charge in [-0.2, -0.15) is 0 Å². The lowest BCUT2D eigenvalue weighted by atomic mass is 9.99. The van der Waals surface area contributed by atoms with E-state index >= 15 is 0 Å². The van der Waals surface area contributed by atoms with Crippen molar-refractivity contribution in [3.63, 3.8) is 0 Å². The van der Waals surface area contributed by atoms with Crippen LogP contribution in [-0.2, 0) is 0 Å². The topological polar surface area (TPSA) is 87.9 Å². The van der Waals surface area contributed by atoms with Gasteiger partial charge in [-0.25, -0.2) is 0 Å². The average molecular weight is 323 g/mol. The van der Waals surface area contributed by atoms with Crippen molar-refractivity contribution in [3.05, 3.63) is 28.3 Å². The molecule has 7 heteroatoms. The van der Waals surface area contributed by atoms with Crippen LogP contribution in [0.5, 0.6) is 5.75 Å². The summed E-state index contributed by atoms with van der Waals surface area (Å²) in [4.78, 5) is 12.6. The second-order valence-electron chi connectivity index (χ2n) is 6.56. The molecule has 0 saturated carbocycles. The van der Waals surface area contributed by atoms with Crippen molar-refractivity contribution in [2.75, 3.05) is 31.7 Å². The minimum atomic E-state index is -0.417. The van der Waals surface area contributed by atoms with Gasteiger partial charge in [0.15, 0.2) is 0 Å². The van der Waals surface area contributed by atoms with Crippen LogP contribution in [0, 0.1) is 10.1 Å². The number of nitrogens with zero attached hydrogens (tertiary/aromatic N) is 2. The summed E-state index contributed by atoms with van der Waals surface area (Å²) in [7, 11) is 1.53. The summed E-state index contributed by atoms with van der Waals surface area (Å²) in [6.07, 6.45) is 1.90. The van der Waals surface area contributed by atoms with Gasteiger partial charge in [-0.1, -0.05) is 0 Å². The lowest BCUT2D eigenvalue weighted by Crippen LogP contribution is -2.52. The van der Waals surface area contributed by atoms with Gasteiger partial charge in [0.05, 0.1) is 30.4 Å². The molecule has 1 fully saturated rings. The first-order chi connectivity index (χ1) is 10.9. The number of nitrogens with one attached hydrogen (secondary N) is 1. The van der Waals surface area contributed by atoms with E-state index in [1.54, 1.807) is 6.07 Å². The Morgan fingerprint density at radius 2 is 2.09 bits per heavy atom. The minimum Gasteiger partial charge on any atom is -0.494 e. The second kappa shape index (κ2) is 7.14. The number of rotatable bonds is 6. The molecule has 128 valence electrons. The van der Waals surface area contributed by atoms with Crippen molar-refractivity contribution in [2.24, 2.45) is 0 Å². The van der Waals surface area contributed by atoms with Crippen molar-refractivity contribution in [1.29, 1.82) is 0 Å². The predicted octanol–water partition coefficient (Wildman–Crippen LogP) is 1.93. The van der Waals surface area contributed by atoms with Gasteiger partial charge in [0.1, 0.15) is 5.75 Å². The number of piperidine rings is 1. The number of methoxy groups -OCH3 is 1. The molecule has 1 aromatic carbocycles. The molecule has 0 unspecified atom stereocenters. The van der Waals surface area contributed by atoms with E-state index in [-0.39, 0.29) is 17.8 Å². The van der Waals surface area contributed by atoms with Gasteiger partial charge in [-0.15, -0.1) is 0 Å². The van der Waals surface area contributed by atoms with Gasteiger partial charge in [-0.05, 0) is 32.8 Å². The second-order valence-corrected chi connectivity index (χ2v) is 6.56. The molecule has 0 aliphatic carbocycles. The third-order valence-electron chi connectivity index (χ3n) is 4.20. The number of hydrogen-bond acceptors (Lipinski definition) is 6. The standard InChI is InChI=1S/C16H25N3O4/c1-16(2,11-20)17-12-6-8-18(9-7-12)14-5-4-13(19(21)22)10-15(14)23-3/h4-5,10,12,17,20H,6-9,11H2,1-3H3. The monoisotopic (exact) mass is 323 g/mol. The molecular formula is C16H25N3O4. The normalized spacial score (nSPS) is 16.4. The Kier molecular flexibility index (Phi) is 5.43. The number of aliphatic hydroxyl groups is 1. The van der Waals surface area contributed by atoms with Gasteiger partial charge in [0.2, 0.25) is 0 Å². The fourth-order valence-corrected chi connectivity index (χ4v) is 2.90. The molecule has 0 spiro atoms. The van der Waals surface area contributed by atoms with E-state index in [1.165, 1.54) is 19.2 Å². The van der Waals surface area contributed by atoms with Crippen LogP contribution in [0.1, 0.15) is 26.7 Å². The van der Waals surface area contributed by atoms with Crippen LogP contribution in [0.3, 0.4) is 0 Å². The molecule has 1 aliphatic rings. The third kappa shape index (κ3) is 4.33. The maximum absolute atomic E-state index is 10.9. The molecule has 1 aromatic rings. The maximum Gasteiger partial charge on any atom is 0.273 e. The van der Waals surface area contributed by atoms with Gasteiger partial charge in [-0.3, -0.25) is 10.1 Å². The predicted molar refractivity (Wildman–Crippen MR) is 89.2 cm³/mol. The minimum absolute atomic E-state index is 0.0341. The number of hydrogen-bond donors (Lipinski definition) is 2. The van der Waals surface area contributed by atoms with Crippen molar-refractivity contribution in [2.45, 2.75) is 38.3 Å². The molecule has 0 atom stereocenters. The van der Waals surface area contributed by atoms with E-state index in [9.17, 15) is 15.2 Å². The van der Waals surface area contributed by atoms with E-state index in [4.69, 9.17) is 4.74 Å². The van der Waals surface area contributed by atoms with Crippen molar-refractivity contribution < 1.29 is 14.8 Å². The molecule has 2 rings (SSSR count). The zero-order valence-electron chi connectivity index (χ0n) is 13.9. The Labute approximate surface area is 136 Å². The van der Waals surface area contributed by atoms with Crippen LogP contribution in [0.15, 0.2) is 18.2 Å². The number of nitro benzene ring substituents is 1. The zero-order chi connectivity index (χ0) is 17.0. The summed E-state index contributed by atoms with van der Waals surface area (Å²) in [6.45, 7) is 5.75. The first-order valence-electron chi connectivity index (χ1n) is 7.82. The Morgan fingerprint density at radius 3 is 2.61 bits per heavy atom. The summed E-state index contributed by atoms with van der Waals surface area (Å²) in [5.41, 5.74) is 0.641. The van der Waals surface area contributed by atoms with Crippen LogP contribution < -0.4 is 15.0 Å². The fourth-order valence-electron chi connectivity index (χ4n) is 2.90. The molecule has 0 amide bonds. The number of ether oxygens (including phenoxy) is 1. The summed E-state index contributed by atoms with van der Waals surface area (Å²) < 4.78 is 5.32. The Bertz CT molecular complexity index is 554. The Hall–Kier alpha value is -1.86. The van der Waals surface area contributed by atoms with E-state index < -0.39 is 4.92 Å². The van der Waals surface area contributed by atoms with Crippen molar-refractivity contribution >= 4 is 11.4 Å². The highest BCUT2D eigenvalue weighted by Gasteiger charge is 2.26. The number of aliphatic hydroxyl groups excluding tert-OH is 1. The van der Waals surface area contributed by atoms with Crippen molar-refractivity contribution in [1.82, 2.24) is 5.32 Å². The highest BCUT2D eigenvalue weighted by Crippen LogP contribution is 2.33. The van der Waals surface area contributed by atoms with Crippen LogP contribution in [0.4, 0.5) is 11.4 Å². The molecule has 0 radical (unpaired) electrons. The van der Waals surface area contributed by atoms with Crippen LogP contribution >= 0.6 is 0 Å². The molecule has 7 nitrogen and oxygen atoms in total.